The van der Waals surface area contributed by atoms with Gasteiger partial charge in [0.05, 0.1) is 20.3 Å². The number of hydrogen-bond acceptors (Lipinski definition) is 4. The summed E-state index contributed by atoms with van der Waals surface area (Å²) >= 11 is 0. The molecule has 0 aromatic heterocycles. The number of piperidine rings is 1. The number of aliphatic hydroxyl groups is 1. The van der Waals surface area contributed by atoms with Gasteiger partial charge in [-0.05, 0) is 37.9 Å². The van der Waals surface area contributed by atoms with Crippen LogP contribution in [0, 0.1) is 0 Å². The molecule has 4 nitrogen and oxygen atoms in total. The van der Waals surface area contributed by atoms with Crippen LogP contribution in [0.25, 0.3) is 0 Å². The first-order chi connectivity index (χ1) is 9.24. The van der Waals surface area contributed by atoms with Gasteiger partial charge in [-0.2, -0.15) is 0 Å². The van der Waals surface area contributed by atoms with E-state index in [0.29, 0.717) is 11.8 Å². The molecule has 2 N–H and O–H groups in total. The summed E-state index contributed by atoms with van der Waals surface area (Å²) in [6, 6.07) is 5.95. The minimum atomic E-state index is -0.503. The standard InChI is InChI=1S/C15H23NO3/c1-18-12-6-7-13(15(10-12)19-2)14(17)9-11-5-3-4-8-16-11/h6-7,10-11,14,16-17H,3-5,8-9H2,1-2H3. The van der Waals surface area contributed by atoms with E-state index in [9.17, 15) is 5.11 Å². The molecule has 106 valence electrons. The number of methoxy groups -OCH3 is 2. The summed E-state index contributed by atoms with van der Waals surface area (Å²) in [5.41, 5.74) is 0.829. The summed E-state index contributed by atoms with van der Waals surface area (Å²) in [6.07, 6.45) is 3.83. The van der Waals surface area contributed by atoms with Crippen LogP contribution in [0.15, 0.2) is 18.2 Å². The van der Waals surface area contributed by atoms with Crippen LogP contribution in [0.3, 0.4) is 0 Å². The maximum absolute atomic E-state index is 10.4. The lowest BCUT2D eigenvalue weighted by atomic mass is 9.95. The quantitative estimate of drug-likeness (QED) is 0.857. The predicted octanol–water partition coefficient (Wildman–Crippen LogP) is 2.27. The van der Waals surface area contributed by atoms with Crippen molar-refractivity contribution in [3.8, 4) is 11.5 Å². The average molecular weight is 265 g/mol. The summed E-state index contributed by atoms with van der Waals surface area (Å²) in [7, 11) is 3.24. The van der Waals surface area contributed by atoms with E-state index in [-0.39, 0.29) is 0 Å². The Bertz CT molecular complexity index is 402. The average Bonchev–Trinajstić information content (AvgIpc) is 2.47. The lowest BCUT2D eigenvalue weighted by molar-refractivity contribution is 0.141. The molecule has 0 amide bonds. The molecule has 1 heterocycles. The van der Waals surface area contributed by atoms with Gasteiger partial charge in [-0.15, -0.1) is 0 Å². The third-order valence-corrected chi connectivity index (χ3v) is 3.72. The van der Waals surface area contributed by atoms with Crippen LogP contribution in [-0.4, -0.2) is 31.9 Å². The molecule has 1 fully saturated rings. The Kier molecular flexibility index (Phi) is 5.05. The van der Waals surface area contributed by atoms with E-state index < -0.39 is 6.10 Å². The normalized spacial score (nSPS) is 20.9. The number of hydrogen-bond donors (Lipinski definition) is 2. The lowest BCUT2D eigenvalue weighted by Crippen LogP contribution is -2.35. The van der Waals surface area contributed by atoms with Crippen molar-refractivity contribution in [2.45, 2.75) is 37.8 Å². The SMILES string of the molecule is COc1ccc(C(O)CC2CCCCN2)c(OC)c1. The van der Waals surface area contributed by atoms with E-state index in [1.807, 2.05) is 18.2 Å². The third kappa shape index (κ3) is 3.61. The molecule has 0 radical (unpaired) electrons. The molecule has 1 aromatic rings. The molecule has 2 rings (SSSR count). The van der Waals surface area contributed by atoms with Gasteiger partial charge in [-0.1, -0.05) is 6.42 Å². The molecule has 0 bridgehead atoms. The molecule has 0 spiro atoms. The molecule has 19 heavy (non-hydrogen) atoms. The van der Waals surface area contributed by atoms with Gasteiger partial charge in [0.15, 0.2) is 0 Å². The largest absolute Gasteiger partial charge is 0.497 e. The predicted molar refractivity (Wildman–Crippen MR) is 74.8 cm³/mol. The first kappa shape index (κ1) is 14.2. The number of rotatable bonds is 5. The van der Waals surface area contributed by atoms with Crippen molar-refractivity contribution >= 4 is 0 Å². The Hall–Kier alpha value is -1.26. The molecular weight excluding hydrogens is 242 g/mol. The maximum atomic E-state index is 10.4. The van der Waals surface area contributed by atoms with Crippen LogP contribution in [0.1, 0.15) is 37.4 Å². The molecule has 1 saturated heterocycles. The molecular formula is C15H23NO3. The monoisotopic (exact) mass is 265 g/mol. The second kappa shape index (κ2) is 6.78. The van der Waals surface area contributed by atoms with Crippen molar-refractivity contribution in [2.24, 2.45) is 0 Å². The Balaban J connectivity index is 2.06. The number of ether oxygens (including phenoxy) is 2. The van der Waals surface area contributed by atoms with Gasteiger partial charge in [-0.3, -0.25) is 0 Å². The van der Waals surface area contributed by atoms with Crippen molar-refractivity contribution in [1.29, 1.82) is 0 Å². The highest BCUT2D eigenvalue weighted by molar-refractivity contribution is 5.42. The highest BCUT2D eigenvalue weighted by atomic mass is 16.5. The highest BCUT2D eigenvalue weighted by Crippen LogP contribution is 2.32. The number of nitrogens with one attached hydrogen (secondary N) is 1. The summed E-state index contributed by atoms with van der Waals surface area (Å²) in [5.74, 6) is 1.42. The van der Waals surface area contributed by atoms with E-state index in [4.69, 9.17) is 9.47 Å². The minimum absolute atomic E-state index is 0.399. The van der Waals surface area contributed by atoms with Crippen molar-refractivity contribution in [3.05, 3.63) is 23.8 Å². The van der Waals surface area contributed by atoms with Gasteiger partial charge >= 0.3 is 0 Å². The summed E-state index contributed by atoms with van der Waals surface area (Å²) in [6.45, 7) is 1.05. The maximum Gasteiger partial charge on any atom is 0.128 e. The van der Waals surface area contributed by atoms with Gasteiger partial charge in [0.1, 0.15) is 11.5 Å². The summed E-state index contributed by atoms with van der Waals surface area (Å²) in [4.78, 5) is 0. The summed E-state index contributed by atoms with van der Waals surface area (Å²) < 4.78 is 10.5. The fourth-order valence-electron chi connectivity index (χ4n) is 2.62. The van der Waals surface area contributed by atoms with Crippen LogP contribution >= 0.6 is 0 Å². The zero-order valence-electron chi connectivity index (χ0n) is 11.7. The Morgan fingerprint density at radius 1 is 1.32 bits per heavy atom. The Morgan fingerprint density at radius 3 is 2.79 bits per heavy atom. The lowest BCUT2D eigenvalue weighted by Gasteiger charge is -2.26. The molecule has 1 aliphatic heterocycles. The molecule has 1 aliphatic rings. The van der Waals surface area contributed by atoms with E-state index in [2.05, 4.69) is 5.32 Å². The smallest absolute Gasteiger partial charge is 0.128 e. The topological polar surface area (TPSA) is 50.7 Å². The Morgan fingerprint density at radius 2 is 2.16 bits per heavy atom. The van der Waals surface area contributed by atoms with Crippen molar-refractivity contribution in [3.63, 3.8) is 0 Å². The Labute approximate surface area is 114 Å². The molecule has 0 saturated carbocycles. The number of benzene rings is 1. The zero-order chi connectivity index (χ0) is 13.7. The second-order valence-electron chi connectivity index (χ2n) is 5.01. The van der Waals surface area contributed by atoms with Gasteiger partial charge in [0.25, 0.3) is 0 Å². The van der Waals surface area contributed by atoms with Gasteiger partial charge in [0.2, 0.25) is 0 Å². The van der Waals surface area contributed by atoms with E-state index >= 15 is 0 Å². The van der Waals surface area contributed by atoms with Crippen LogP contribution in [0.4, 0.5) is 0 Å². The van der Waals surface area contributed by atoms with Crippen molar-refractivity contribution < 1.29 is 14.6 Å². The first-order valence-corrected chi connectivity index (χ1v) is 6.88. The third-order valence-electron chi connectivity index (χ3n) is 3.72. The molecule has 1 aromatic carbocycles. The zero-order valence-corrected chi connectivity index (χ0v) is 11.7. The molecule has 2 atom stereocenters. The molecule has 0 aliphatic carbocycles. The highest BCUT2D eigenvalue weighted by Gasteiger charge is 2.20. The summed E-state index contributed by atoms with van der Waals surface area (Å²) in [5, 5.41) is 13.8. The van der Waals surface area contributed by atoms with Crippen LogP contribution in [0.5, 0.6) is 11.5 Å². The van der Waals surface area contributed by atoms with E-state index in [1.165, 1.54) is 12.8 Å². The molecule has 2 unspecified atom stereocenters. The van der Waals surface area contributed by atoms with Gasteiger partial charge < -0.3 is 19.9 Å². The van der Waals surface area contributed by atoms with Crippen molar-refractivity contribution in [2.75, 3.05) is 20.8 Å². The van der Waals surface area contributed by atoms with Gasteiger partial charge in [0, 0.05) is 17.7 Å². The number of aliphatic hydroxyl groups excluding tert-OH is 1. The fourth-order valence-corrected chi connectivity index (χ4v) is 2.62. The van der Waals surface area contributed by atoms with E-state index in [0.717, 1.165) is 30.7 Å². The van der Waals surface area contributed by atoms with Gasteiger partial charge in [-0.25, -0.2) is 0 Å². The first-order valence-electron chi connectivity index (χ1n) is 6.88. The van der Waals surface area contributed by atoms with Crippen LogP contribution in [0.2, 0.25) is 0 Å². The second-order valence-corrected chi connectivity index (χ2v) is 5.01. The van der Waals surface area contributed by atoms with Crippen LogP contribution in [-0.2, 0) is 0 Å². The molecule has 4 heteroatoms. The van der Waals surface area contributed by atoms with Crippen molar-refractivity contribution in [1.82, 2.24) is 5.32 Å². The van der Waals surface area contributed by atoms with E-state index in [1.54, 1.807) is 14.2 Å². The minimum Gasteiger partial charge on any atom is -0.497 e. The fraction of sp³-hybridized carbons (Fsp3) is 0.600. The van der Waals surface area contributed by atoms with Crippen LogP contribution < -0.4 is 14.8 Å².